The highest BCUT2D eigenvalue weighted by Gasteiger charge is 2.43. The molecule has 2 heterocycles. The van der Waals surface area contributed by atoms with Crippen LogP contribution in [0.1, 0.15) is 24.0 Å². The van der Waals surface area contributed by atoms with Crippen LogP contribution >= 0.6 is 0 Å². The highest BCUT2D eigenvalue weighted by atomic mass is 19.1. The molecule has 29 heavy (non-hydrogen) atoms. The number of benzene rings is 2. The number of hydrogen-bond donors (Lipinski definition) is 0. The number of para-hydroxylation sites is 1. The van der Waals surface area contributed by atoms with Crippen molar-refractivity contribution in [3.05, 3.63) is 83.9 Å². The van der Waals surface area contributed by atoms with Crippen molar-refractivity contribution in [1.82, 2.24) is 14.7 Å². The number of carbonyl (C=O) groups excluding carboxylic acids is 1. The summed E-state index contributed by atoms with van der Waals surface area (Å²) in [5.74, 6) is -0.273. The van der Waals surface area contributed by atoms with Gasteiger partial charge in [0.15, 0.2) is 0 Å². The number of amides is 1. The van der Waals surface area contributed by atoms with E-state index < -0.39 is 5.41 Å². The van der Waals surface area contributed by atoms with E-state index in [2.05, 4.69) is 5.10 Å². The molecule has 0 N–H and O–H groups in total. The summed E-state index contributed by atoms with van der Waals surface area (Å²) in [6.07, 6.45) is 4.90. The Balaban J connectivity index is 1.55. The highest BCUT2D eigenvalue weighted by Crippen LogP contribution is 2.37. The lowest BCUT2D eigenvalue weighted by Crippen LogP contribution is -2.48. The lowest BCUT2D eigenvalue weighted by Gasteiger charge is -2.39. The third-order valence-electron chi connectivity index (χ3n) is 5.58. The predicted molar refractivity (Wildman–Crippen MR) is 108 cm³/mol. The first kappa shape index (κ1) is 19.3. The largest absolute Gasteiger partial charge is 0.381 e. The van der Waals surface area contributed by atoms with Crippen LogP contribution in [-0.4, -0.2) is 40.8 Å². The van der Waals surface area contributed by atoms with Gasteiger partial charge in [0.25, 0.3) is 0 Å². The Morgan fingerprint density at radius 1 is 1.14 bits per heavy atom. The van der Waals surface area contributed by atoms with Crippen molar-refractivity contribution in [2.45, 2.75) is 24.8 Å². The lowest BCUT2D eigenvalue weighted by atomic mass is 9.73. The van der Waals surface area contributed by atoms with Crippen LogP contribution in [0.2, 0.25) is 0 Å². The molecule has 6 heteroatoms. The molecule has 3 aromatic rings. The average molecular weight is 393 g/mol. The Hall–Kier alpha value is -2.99. The molecule has 2 aromatic carbocycles. The second kappa shape index (κ2) is 8.17. The molecule has 1 aliphatic rings. The van der Waals surface area contributed by atoms with Crippen LogP contribution in [0.3, 0.4) is 0 Å². The smallest absolute Gasteiger partial charge is 0.233 e. The van der Waals surface area contributed by atoms with Gasteiger partial charge in [-0.05, 0) is 42.7 Å². The van der Waals surface area contributed by atoms with E-state index in [1.54, 1.807) is 27.9 Å². The van der Waals surface area contributed by atoms with Gasteiger partial charge in [0.1, 0.15) is 5.82 Å². The van der Waals surface area contributed by atoms with Crippen LogP contribution in [-0.2, 0) is 21.5 Å². The first-order valence-electron chi connectivity index (χ1n) is 9.77. The predicted octanol–water partition coefficient (Wildman–Crippen LogP) is 3.72. The fraction of sp³-hybridized carbons (Fsp3) is 0.304. The molecule has 0 unspecified atom stereocenters. The van der Waals surface area contributed by atoms with Crippen molar-refractivity contribution >= 4 is 5.91 Å². The molecular formula is C23H24FN3O2. The molecule has 0 radical (unpaired) electrons. The molecule has 1 amide bonds. The standard InChI is InChI=1S/C23H24FN3O2/c1-26(16-18-15-25-27(17-18)21-5-3-2-4-6-21)22(28)23(11-13-29-14-12-23)19-7-9-20(24)10-8-19/h2-10,15,17H,11-14,16H2,1H3. The number of ether oxygens (including phenoxy) is 1. The summed E-state index contributed by atoms with van der Waals surface area (Å²) < 4.78 is 20.8. The van der Waals surface area contributed by atoms with E-state index in [-0.39, 0.29) is 11.7 Å². The number of carbonyl (C=O) groups is 1. The van der Waals surface area contributed by atoms with Crippen molar-refractivity contribution in [3.63, 3.8) is 0 Å². The van der Waals surface area contributed by atoms with Gasteiger partial charge >= 0.3 is 0 Å². The van der Waals surface area contributed by atoms with Crippen molar-refractivity contribution in [1.29, 1.82) is 0 Å². The van der Waals surface area contributed by atoms with E-state index in [1.165, 1.54) is 12.1 Å². The first-order chi connectivity index (χ1) is 14.1. The number of hydrogen-bond acceptors (Lipinski definition) is 3. The Bertz CT molecular complexity index is 963. The molecule has 5 nitrogen and oxygen atoms in total. The molecule has 150 valence electrons. The SMILES string of the molecule is CN(Cc1cnn(-c2ccccc2)c1)C(=O)C1(c2ccc(F)cc2)CCOCC1. The van der Waals surface area contributed by atoms with E-state index in [4.69, 9.17) is 4.74 Å². The van der Waals surface area contributed by atoms with E-state index >= 15 is 0 Å². The second-order valence-electron chi connectivity index (χ2n) is 7.49. The molecule has 0 spiro atoms. The molecule has 1 aliphatic heterocycles. The molecule has 4 rings (SSSR count). The normalized spacial score (nSPS) is 15.8. The maximum atomic E-state index is 13.5. The van der Waals surface area contributed by atoms with Gasteiger partial charge in [-0.1, -0.05) is 30.3 Å². The maximum absolute atomic E-state index is 13.5. The van der Waals surface area contributed by atoms with Gasteiger partial charge in [-0.3, -0.25) is 4.79 Å². The van der Waals surface area contributed by atoms with Crippen LogP contribution in [0.25, 0.3) is 5.69 Å². The zero-order valence-electron chi connectivity index (χ0n) is 16.4. The minimum absolute atomic E-state index is 0.0277. The van der Waals surface area contributed by atoms with Crippen LogP contribution in [0.15, 0.2) is 67.0 Å². The van der Waals surface area contributed by atoms with Crippen molar-refractivity contribution in [3.8, 4) is 5.69 Å². The van der Waals surface area contributed by atoms with E-state index in [9.17, 15) is 9.18 Å². The number of rotatable bonds is 5. The van der Waals surface area contributed by atoms with Gasteiger partial charge in [-0.2, -0.15) is 5.10 Å². The maximum Gasteiger partial charge on any atom is 0.233 e. The van der Waals surface area contributed by atoms with Gasteiger partial charge in [-0.25, -0.2) is 9.07 Å². The van der Waals surface area contributed by atoms with E-state index in [1.807, 2.05) is 43.6 Å². The number of aromatic nitrogens is 2. The van der Waals surface area contributed by atoms with E-state index in [0.717, 1.165) is 16.8 Å². The monoisotopic (exact) mass is 393 g/mol. The highest BCUT2D eigenvalue weighted by molar-refractivity contribution is 5.88. The van der Waals surface area contributed by atoms with Crippen molar-refractivity contribution in [2.24, 2.45) is 0 Å². The van der Waals surface area contributed by atoms with Crippen LogP contribution < -0.4 is 0 Å². The second-order valence-corrected chi connectivity index (χ2v) is 7.49. The Morgan fingerprint density at radius 2 is 1.83 bits per heavy atom. The molecule has 1 fully saturated rings. The van der Waals surface area contributed by atoms with Crippen molar-refractivity contribution in [2.75, 3.05) is 20.3 Å². The molecule has 0 atom stereocenters. The number of likely N-dealkylation sites (N-methyl/N-ethyl adjacent to an activating group) is 1. The first-order valence-corrected chi connectivity index (χ1v) is 9.77. The fourth-order valence-corrected chi connectivity index (χ4v) is 3.99. The Labute approximate surface area is 169 Å². The third kappa shape index (κ3) is 3.93. The number of nitrogens with zero attached hydrogens (tertiary/aromatic N) is 3. The zero-order valence-corrected chi connectivity index (χ0v) is 16.4. The topological polar surface area (TPSA) is 47.4 Å². The molecule has 1 aromatic heterocycles. The summed E-state index contributed by atoms with van der Waals surface area (Å²) in [4.78, 5) is 15.3. The minimum atomic E-state index is -0.684. The Kier molecular flexibility index (Phi) is 5.45. The lowest BCUT2D eigenvalue weighted by molar-refractivity contribution is -0.140. The van der Waals surface area contributed by atoms with Gasteiger partial charge in [0.05, 0.1) is 17.3 Å². The minimum Gasteiger partial charge on any atom is -0.381 e. The zero-order chi connectivity index (χ0) is 20.3. The van der Waals surface area contributed by atoms with Crippen molar-refractivity contribution < 1.29 is 13.9 Å². The molecule has 0 saturated carbocycles. The molecule has 1 saturated heterocycles. The average Bonchev–Trinajstić information content (AvgIpc) is 3.23. The van der Waals surface area contributed by atoms with Crippen LogP contribution in [0.5, 0.6) is 0 Å². The van der Waals surface area contributed by atoms with Gasteiger partial charge < -0.3 is 9.64 Å². The summed E-state index contributed by atoms with van der Waals surface area (Å²) in [6, 6.07) is 16.1. The fourth-order valence-electron chi connectivity index (χ4n) is 3.99. The molecule has 0 bridgehead atoms. The van der Waals surface area contributed by atoms with E-state index in [0.29, 0.717) is 32.6 Å². The van der Waals surface area contributed by atoms with Gasteiger partial charge in [0.2, 0.25) is 5.91 Å². The molecular weight excluding hydrogens is 369 g/mol. The van der Waals surface area contributed by atoms with Crippen LogP contribution in [0, 0.1) is 5.82 Å². The van der Waals surface area contributed by atoms with Gasteiger partial charge in [-0.15, -0.1) is 0 Å². The summed E-state index contributed by atoms with van der Waals surface area (Å²) in [5.41, 5.74) is 2.08. The summed E-state index contributed by atoms with van der Waals surface area (Å²) in [5, 5.41) is 4.41. The van der Waals surface area contributed by atoms with Gasteiger partial charge in [0, 0.05) is 38.6 Å². The summed E-state index contributed by atoms with van der Waals surface area (Å²) >= 11 is 0. The molecule has 0 aliphatic carbocycles. The Morgan fingerprint density at radius 3 is 2.52 bits per heavy atom. The summed E-state index contributed by atoms with van der Waals surface area (Å²) in [7, 11) is 1.81. The number of halogens is 1. The quantitative estimate of drug-likeness (QED) is 0.664. The third-order valence-corrected chi connectivity index (χ3v) is 5.58. The van der Waals surface area contributed by atoms with Crippen LogP contribution in [0.4, 0.5) is 4.39 Å². The summed E-state index contributed by atoms with van der Waals surface area (Å²) in [6.45, 7) is 1.49.